The van der Waals surface area contributed by atoms with Gasteiger partial charge in [-0.25, -0.2) is 15.1 Å². The number of nitrogens with one attached hydrogen (secondary N) is 2. The zero-order chi connectivity index (χ0) is 17.9. The largest absolute Gasteiger partial charge is 0.416 e. The first-order chi connectivity index (χ1) is 11.9. The fourth-order valence-corrected chi connectivity index (χ4v) is 2.91. The molecule has 1 aromatic carbocycles. The fourth-order valence-electron chi connectivity index (χ4n) is 2.91. The van der Waals surface area contributed by atoms with E-state index >= 15 is 0 Å². The molecule has 2 atom stereocenters. The number of amides is 2. The highest BCUT2D eigenvalue weighted by Crippen LogP contribution is 2.42. The zero-order valence-electron chi connectivity index (χ0n) is 13.6. The van der Waals surface area contributed by atoms with Gasteiger partial charge in [-0.3, -0.25) is 0 Å². The molecular weight excluding hydrogens is 337 g/mol. The third kappa shape index (κ3) is 5.09. The number of alkyl halides is 3. The molecule has 2 unspecified atom stereocenters. The van der Waals surface area contributed by atoms with Crippen molar-refractivity contribution < 1.29 is 27.5 Å². The molecule has 25 heavy (non-hydrogen) atoms. The molecule has 2 aliphatic rings. The smallest absolute Gasteiger partial charge is 0.350 e. The van der Waals surface area contributed by atoms with E-state index in [9.17, 15) is 18.0 Å². The Bertz CT molecular complexity index is 599. The Morgan fingerprint density at radius 2 is 2.04 bits per heavy atom. The Labute approximate surface area is 143 Å². The highest BCUT2D eigenvalue weighted by molar-refractivity contribution is 5.73. The Morgan fingerprint density at radius 1 is 1.24 bits per heavy atom. The minimum Gasteiger partial charge on any atom is -0.350 e. The summed E-state index contributed by atoms with van der Waals surface area (Å²) in [6.45, 7) is 0.586. The zero-order valence-corrected chi connectivity index (χ0v) is 13.6. The summed E-state index contributed by atoms with van der Waals surface area (Å²) in [4.78, 5) is 17.3. The van der Waals surface area contributed by atoms with Crippen LogP contribution in [0.5, 0.6) is 0 Å². The molecule has 1 saturated heterocycles. The second kappa shape index (κ2) is 7.61. The molecule has 1 saturated carbocycles. The molecule has 2 N–H and O–H groups in total. The van der Waals surface area contributed by atoms with Crippen LogP contribution in [0.1, 0.15) is 49.3 Å². The lowest BCUT2D eigenvalue weighted by Gasteiger charge is -2.24. The summed E-state index contributed by atoms with van der Waals surface area (Å²) in [5.74, 6) is 0.139. The lowest BCUT2D eigenvalue weighted by atomic mass is 10.00. The lowest BCUT2D eigenvalue weighted by Crippen LogP contribution is -2.41. The van der Waals surface area contributed by atoms with Gasteiger partial charge in [-0.1, -0.05) is 12.1 Å². The highest BCUT2D eigenvalue weighted by Gasteiger charge is 2.36. The van der Waals surface area contributed by atoms with Crippen molar-refractivity contribution in [3.63, 3.8) is 0 Å². The molecule has 0 bridgehead atoms. The van der Waals surface area contributed by atoms with Crippen LogP contribution in [-0.4, -0.2) is 18.9 Å². The number of rotatable bonds is 5. The highest BCUT2D eigenvalue weighted by atomic mass is 19.4. The van der Waals surface area contributed by atoms with E-state index in [-0.39, 0.29) is 5.92 Å². The molecule has 8 heteroatoms. The van der Waals surface area contributed by atoms with Crippen LogP contribution in [-0.2, 0) is 15.8 Å². The van der Waals surface area contributed by atoms with Crippen molar-refractivity contribution in [1.82, 2.24) is 10.8 Å². The fraction of sp³-hybridized carbons (Fsp3) is 0.588. The van der Waals surface area contributed by atoms with Crippen LogP contribution in [0.25, 0.3) is 0 Å². The van der Waals surface area contributed by atoms with Gasteiger partial charge in [0.2, 0.25) is 0 Å². The van der Waals surface area contributed by atoms with Crippen molar-refractivity contribution >= 4 is 6.03 Å². The van der Waals surface area contributed by atoms with E-state index < -0.39 is 30.1 Å². The third-order valence-electron chi connectivity index (χ3n) is 4.37. The Hall–Kier alpha value is -1.80. The number of hydroxylamine groups is 1. The average Bonchev–Trinajstić information content (AvgIpc) is 3.43. The first kappa shape index (κ1) is 18.0. The van der Waals surface area contributed by atoms with Gasteiger partial charge in [0.25, 0.3) is 0 Å². The minimum absolute atomic E-state index is 0.139. The summed E-state index contributed by atoms with van der Waals surface area (Å²) in [5.41, 5.74) is 2.01. The molecule has 2 fully saturated rings. The summed E-state index contributed by atoms with van der Waals surface area (Å²) in [6, 6.07) is 4.02. The van der Waals surface area contributed by atoms with Crippen LogP contribution in [0.4, 0.5) is 18.0 Å². The summed E-state index contributed by atoms with van der Waals surface area (Å²) >= 11 is 0. The Kier molecular flexibility index (Phi) is 5.48. The predicted octanol–water partition coefficient (Wildman–Crippen LogP) is 3.91. The molecular formula is C17H21F3N2O3. The second-order valence-corrected chi connectivity index (χ2v) is 6.43. The number of hydrogen-bond donors (Lipinski definition) is 2. The predicted molar refractivity (Wildman–Crippen MR) is 83.3 cm³/mol. The topological polar surface area (TPSA) is 59.6 Å². The maximum Gasteiger partial charge on any atom is 0.416 e. The molecule has 5 nitrogen and oxygen atoms in total. The molecule has 1 aromatic rings. The van der Waals surface area contributed by atoms with Crippen LogP contribution >= 0.6 is 0 Å². The monoisotopic (exact) mass is 358 g/mol. The van der Waals surface area contributed by atoms with Gasteiger partial charge in [0.05, 0.1) is 11.6 Å². The molecule has 0 radical (unpaired) electrons. The Balaban J connectivity index is 1.60. The molecule has 1 aliphatic carbocycles. The van der Waals surface area contributed by atoms with Gasteiger partial charge in [-0.15, -0.1) is 0 Å². The van der Waals surface area contributed by atoms with Crippen molar-refractivity contribution in [2.24, 2.45) is 5.92 Å². The number of hydrogen-bond acceptors (Lipinski definition) is 3. The normalized spacial score (nSPS) is 22.3. The summed E-state index contributed by atoms with van der Waals surface area (Å²) < 4.78 is 44.1. The summed E-state index contributed by atoms with van der Waals surface area (Å²) in [6.07, 6.45) is -0.531. The molecule has 1 aliphatic heterocycles. The van der Waals surface area contributed by atoms with Crippen molar-refractivity contribution in [2.45, 2.75) is 50.6 Å². The van der Waals surface area contributed by atoms with Crippen LogP contribution in [0.3, 0.4) is 0 Å². The molecule has 0 spiro atoms. The van der Waals surface area contributed by atoms with E-state index in [4.69, 9.17) is 9.57 Å². The number of carbonyl (C=O) groups excluding carboxylic acids is 1. The van der Waals surface area contributed by atoms with Gasteiger partial charge in [-0.2, -0.15) is 13.2 Å². The van der Waals surface area contributed by atoms with Crippen molar-refractivity contribution in [1.29, 1.82) is 0 Å². The van der Waals surface area contributed by atoms with E-state index in [1.807, 2.05) is 0 Å². The van der Waals surface area contributed by atoms with Gasteiger partial charge in [-0.05, 0) is 49.3 Å². The van der Waals surface area contributed by atoms with Gasteiger partial charge < -0.3 is 10.1 Å². The first-order valence-electron chi connectivity index (χ1n) is 8.44. The van der Waals surface area contributed by atoms with Gasteiger partial charge in [0, 0.05) is 13.0 Å². The molecule has 1 heterocycles. The number of carbonyl (C=O) groups is 1. The van der Waals surface area contributed by atoms with E-state index in [0.29, 0.717) is 18.6 Å². The van der Waals surface area contributed by atoms with Crippen LogP contribution in [0, 0.1) is 5.92 Å². The van der Waals surface area contributed by atoms with Gasteiger partial charge >= 0.3 is 12.2 Å². The number of ether oxygens (including phenoxy) is 1. The second-order valence-electron chi connectivity index (χ2n) is 6.43. The molecule has 138 valence electrons. The average molecular weight is 358 g/mol. The standard InChI is InChI=1S/C17H21F3N2O3/c18-17(19,20)13-5-3-4-12(10-13)15(11-7-8-11)21-16(23)22-25-14-6-1-2-9-24-14/h3-5,10-11,14-15H,1-2,6-9H2,(H2,21,22,23). The van der Waals surface area contributed by atoms with E-state index in [2.05, 4.69) is 10.8 Å². The molecule has 0 aromatic heterocycles. The van der Waals surface area contributed by atoms with E-state index in [1.165, 1.54) is 6.07 Å². The summed E-state index contributed by atoms with van der Waals surface area (Å²) in [7, 11) is 0. The number of urea groups is 1. The van der Waals surface area contributed by atoms with Crippen molar-refractivity contribution in [2.75, 3.05) is 6.61 Å². The SMILES string of the molecule is O=C(NOC1CCCCO1)NC(c1cccc(C(F)(F)F)c1)C1CC1. The van der Waals surface area contributed by atoms with Crippen molar-refractivity contribution in [3.05, 3.63) is 35.4 Å². The van der Waals surface area contributed by atoms with Crippen LogP contribution in [0.2, 0.25) is 0 Å². The minimum atomic E-state index is -4.41. The van der Waals surface area contributed by atoms with E-state index in [0.717, 1.165) is 37.8 Å². The maximum atomic E-state index is 12.9. The quantitative estimate of drug-likeness (QED) is 0.785. The van der Waals surface area contributed by atoms with E-state index in [1.54, 1.807) is 6.07 Å². The van der Waals surface area contributed by atoms with Crippen molar-refractivity contribution in [3.8, 4) is 0 Å². The number of halogens is 3. The van der Waals surface area contributed by atoms with Gasteiger partial charge in [0.1, 0.15) is 0 Å². The lowest BCUT2D eigenvalue weighted by molar-refractivity contribution is -0.186. The molecule has 3 rings (SSSR count). The van der Waals surface area contributed by atoms with Crippen LogP contribution < -0.4 is 10.8 Å². The Morgan fingerprint density at radius 3 is 2.68 bits per heavy atom. The van der Waals surface area contributed by atoms with Crippen LogP contribution in [0.15, 0.2) is 24.3 Å². The van der Waals surface area contributed by atoms with Gasteiger partial charge in [0.15, 0.2) is 6.29 Å². The maximum absolute atomic E-state index is 12.9. The first-order valence-corrected chi connectivity index (χ1v) is 8.44. The molecule has 2 amide bonds. The third-order valence-corrected chi connectivity index (χ3v) is 4.37. The summed E-state index contributed by atoms with van der Waals surface area (Å²) in [5, 5.41) is 2.72. The number of benzene rings is 1.